The van der Waals surface area contributed by atoms with Crippen LogP contribution < -0.4 is 5.32 Å². The van der Waals surface area contributed by atoms with Gasteiger partial charge in [-0.15, -0.1) is 22.7 Å². The molecule has 0 aliphatic rings. The van der Waals surface area contributed by atoms with Crippen molar-refractivity contribution in [2.45, 2.75) is 26.6 Å². The van der Waals surface area contributed by atoms with E-state index < -0.39 is 18.2 Å². The highest BCUT2D eigenvalue weighted by molar-refractivity contribution is 7.09. The number of amides is 2. The molecular weight excluding hydrogens is 420 g/mol. The Bertz CT molecular complexity index is 754. The van der Waals surface area contributed by atoms with Crippen molar-refractivity contribution in [2.75, 3.05) is 26.2 Å². The molecule has 158 valence electrons. The van der Waals surface area contributed by atoms with E-state index in [9.17, 15) is 14.4 Å². The SMILES string of the molecule is CCOC(=O)CN(CCCNC(=O)OCc1cncs1)C(=O)OCc1cncs1. The molecule has 0 atom stereocenters. The Kier molecular flexibility index (Phi) is 9.86. The minimum atomic E-state index is -0.640. The molecule has 2 amide bonds. The summed E-state index contributed by atoms with van der Waals surface area (Å²) in [6.07, 6.45) is 2.44. The predicted octanol–water partition coefficient (Wildman–Crippen LogP) is 2.42. The zero-order valence-corrected chi connectivity index (χ0v) is 17.5. The third kappa shape index (κ3) is 8.87. The molecule has 0 radical (unpaired) electrons. The van der Waals surface area contributed by atoms with E-state index in [1.54, 1.807) is 30.3 Å². The summed E-state index contributed by atoms with van der Waals surface area (Å²) < 4.78 is 15.2. The fourth-order valence-electron chi connectivity index (χ4n) is 2.10. The Hall–Kier alpha value is -2.73. The molecular formula is C17H22N4O6S2. The van der Waals surface area contributed by atoms with E-state index in [1.165, 1.54) is 27.6 Å². The molecule has 0 spiro atoms. The first-order chi connectivity index (χ1) is 14.1. The van der Waals surface area contributed by atoms with Gasteiger partial charge in [0, 0.05) is 25.5 Å². The lowest BCUT2D eigenvalue weighted by molar-refractivity contribution is -0.144. The minimum absolute atomic E-state index is 0.0744. The van der Waals surface area contributed by atoms with Gasteiger partial charge in [0.1, 0.15) is 19.8 Å². The molecule has 10 nitrogen and oxygen atoms in total. The fourth-order valence-corrected chi connectivity index (χ4v) is 3.11. The summed E-state index contributed by atoms with van der Waals surface area (Å²) in [7, 11) is 0. The van der Waals surface area contributed by atoms with Crippen LogP contribution in [0.5, 0.6) is 0 Å². The molecule has 0 unspecified atom stereocenters. The first-order valence-corrected chi connectivity index (χ1v) is 10.6. The van der Waals surface area contributed by atoms with Crippen LogP contribution in [0.1, 0.15) is 23.1 Å². The monoisotopic (exact) mass is 442 g/mol. The number of hydrogen-bond donors (Lipinski definition) is 1. The number of aromatic nitrogens is 2. The zero-order valence-electron chi connectivity index (χ0n) is 15.9. The average Bonchev–Trinajstić information content (AvgIpc) is 3.41. The quantitative estimate of drug-likeness (QED) is 0.320. The molecule has 0 saturated heterocycles. The van der Waals surface area contributed by atoms with Gasteiger partial charge in [0.2, 0.25) is 0 Å². The Morgan fingerprint density at radius 3 is 2.28 bits per heavy atom. The maximum atomic E-state index is 12.3. The summed E-state index contributed by atoms with van der Waals surface area (Å²) in [5, 5.41) is 2.59. The molecule has 0 bridgehead atoms. The van der Waals surface area contributed by atoms with Gasteiger partial charge < -0.3 is 19.5 Å². The molecule has 2 aromatic rings. The van der Waals surface area contributed by atoms with Gasteiger partial charge in [-0.05, 0) is 13.3 Å². The number of hydrogen-bond acceptors (Lipinski definition) is 10. The second kappa shape index (κ2) is 12.7. The zero-order chi connectivity index (χ0) is 20.9. The van der Waals surface area contributed by atoms with Crippen LogP contribution >= 0.6 is 22.7 Å². The number of carbonyl (C=O) groups excluding carboxylic acids is 3. The van der Waals surface area contributed by atoms with Crippen LogP contribution in [-0.2, 0) is 32.2 Å². The van der Waals surface area contributed by atoms with Crippen molar-refractivity contribution < 1.29 is 28.6 Å². The lowest BCUT2D eigenvalue weighted by Crippen LogP contribution is -2.39. The predicted molar refractivity (Wildman–Crippen MR) is 105 cm³/mol. The van der Waals surface area contributed by atoms with Gasteiger partial charge in [0.05, 0.1) is 27.4 Å². The Balaban J connectivity index is 1.72. The maximum absolute atomic E-state index is 12.3. The first-order valence-electron chi connectivity index (χ1n) is 8.81. The van der Waals surface area contributed by atoms with Crippen molar-refractivity contribution in [1.82, 2.24) is 20.2 Å². The maximum Gasteiger partial charge on any atom is 0.410 e. The van der Waals surface area contributed by atoms with Gasteiger partial charge in [-0.3, -0.25) is 19.7 Å². The number of nitrogens with one attached hydrogen (secondary N) is 1. The highest BCUT2D eigenvalue weighted by Crippen LogP contribution is 2.09. The number of thiazole rings is 2. The van der Waals surface area contributed by atoms with Crippen molar-refractivity contribution in [3.05, 3.63) is 33.2 Å². The van der Waals surface area contributed by atoms with Gasteiger partial charge >= 0.3 is 18.2 Å². The molecule has 0 aliphatic carbocycles. The van der Waals surface area contributed by atoms with Crippen LogP contribution in [-0.4, -0.2) is 59.3 Å². The van der Waals surface area contributed by atoms with E-state index in [1.807, 2.05) is 0 Å². The second-order valence-corrected chi connectivity index (χ2v) is 7.51. The average molecular weight is 443 g/mol. The highest BCUT2D eigenvalue weighted by atomic mass is 32.1. The van der Waals surface area contributed by atoms with Gasteiger partial charge in [-0.25, -0.2) is 9.59 Å². The Morgan fingerprint density at radius 2 is 1.69 bits per heavy atom. The smallest absolute Gasteiger partial charge is 0.410 e. The van der Waals surface area contributed by atoms with Crippen LogP contribution in [0.25, 0.3) is 0 Å². The van der Waals surface area contributed by atoms with Gasteiger partial charge in [0.25, 0.3) is 0 Å². The van der Waals surface area contributed by atoms with Gasteiger partial charge in [-0.1, -0.05) is 0 Å². The highest BCUT2D eigenvalue weighted by Gasteiger charge is 2.19. The van der Waals surface area contributed by atoms with Crippen LogP contribution in [0, 0.1) is 0 Å². The third-order valence-electron chi connectivity index (χ3n) is 3.41. The van der Waals surface area contributed by atoms with E-state index in [4.69, 9.17) is 14.2 Å². The van der Waals surface area contributed by atoms with Crippen molar-refractivity contribution >= 4 is 40.8 Å². The standard InChI is InChI=1S/C17H22N4O6S2/c1-2-25-15(22)8-21(17(24)27-10-14-7-19-12-29-14)5-3-4-20-16(23)26-9-13-6-18-11-28-13/h6-7,11-12H,2-5,8-10H2,1H3,(H,20,23). The lowest BCUT2D eigenvalue weighted by Gasteiger charge is -2.21. The number of carbonyl (C=O) groups is 3. The van der Waals surface area contributed by atoms with Crippen molar-refractivity contribution in [3.8, 4) is 0 Å². The molecule has 0 fully saturated rings. The molecule has 2 aromatic heterocycles. The summed E-state index contributed by atoms with van der Waals surface area (Å²) in [6, 6.07) is 0. The van der Waals surface area contributed by atoms with E-state index in [-0.39, 0.29) is 39.5 Å². The van der Waals surface area contributed by atoms with Crippen molar-refractivity contribution in [2.24, 2.45) is 0 Å². The molecule has 12 heteroatoms. The number of alkyl carbamates (subject to hydrolysis) is 1. The van der Waals surface area contributed by atoms with Gasteiger partial charge in [-0.2, -0.15) is 0 Å². The number of nitrogens with zero attached hydrogens (tertiary/aromatic N) is 3. The van der Waals surface area contributed by atoms with E-state index in [2.05, 4.69) is 15.3 Å². The van der Waals surface area contributed by atoms with E-state index in [0.717, 1.165) is 9.75 Å². The number of esters is 1. The summed E-state index contributed by atoms with van der Waals surface area (Å²) in [5.74, 6) is -0.529. The van der Waals surface area contributed by atoms with E-state index in [0.29, 0.717) is 6.42 Å². The molecule has 2 heterocycles. The molecule has 1 N–H and O–H groups in total. The summed E-state index contributed by atoms with van der Waals surface area (Å²) in [4.78, 5) is 46.4. The van der Waals surface area contributed by atoms with Crippen LogP contribution in [0.15, 0.2) is 23.4 Å². The topological polar surface area (TPSA) is 120 Å². The van der Waals surface area contributed by atoms with Crippen LogP contribution in [0.3, 0.4) is 0 Å². The third-order valence-corrected chi connectivity index (χ3v) is 4.91. The molecule has 0 aliphatic heterocycles. The second-order valence-electron chi connectivity index (χ2n) is 5.57. The van der Waals surface area contributed by atoms with Crippen LogP contribution in [0.2, 0.25) is 0 Å². The fraction of sp³-hybridized carbons (Fsp3) is 0.471. The van der Waals surface area contributed by atoms with Crippen molar-refractivity contribution in [1.29, 1.82) is 0 Å². The summed E-state index contributed by atoms with van der Waals surface area (Å²) >= 11 is 2.76. The molecule has 2 rings (SSSR count). The Labute approximate surface area is 175 Å². The molecule has 0 aromatic carbocycles. The van der Waals surface area contributed by atoms with Gasteiger partial charge in [0.15, 0.2) is 0 Å². The van der Waals surface area contributed by atoms with Crippen LogP contribution in [0.4, 0.5) is 9.59 Å². The lowest BCUT2D eigenvalue weighted by atomic mass is 10.4. The first kappa shape index (κ1) is 22.6. The summed E-state index contributed by atoms with van der Waals surface area (Å²) in [6.45, 7) is 2.37. The largest absolute Gasteiger partial charge is 0.465 e. The van der Waals surface area contributed by atoms with Crippen molar-refractivity contribution in [3.63, 3.8) is 0 Å². The van der Waals surface area contributed by atoms with E-state index >= 15 is 0 Å². The number of ether oxygens (including phenoxy) is 3. The number of rotatable bonds is 11. The summed E-state index contributed by atoms with van der Waals surface area (Å²) in [5.41, 5.74) is 3.29. The molecule has 0 saturated carbocycles. The minimum Gasteiger partial charge on any atom is -0.465 e. The molecule has 29 heavy (non-hydrogen) atoms. The normalized spacial score (nSPS) is 10.2. The Morgan fingerprint density at radius 1 is 1.03 bits per heavy atom.